The van der Waals surface area contributed by atoms with Crippen molar-refractivity contribution in [2.75, 3.05) is 5.32 Å². The molecule has 5 nitrogen and oxygen atoms in total. The third-order valence-electron chi connectivity index (χ3n) is 1.87. The van der Waals surface area contributed by atoms with E-state index in [-0.39, 0.29) is 6.04 Å². The second-order valence-corrected chi connectivity index (χ2v) is 4.86. The van der Waals surface area contributed by atoms with Gasteiger partial charge in [-0.1, -0.05) is 6.07 Å². The quantitative estimate of drug-likeness (QED) is 0.828. The first kappa shape index (κ1) is 13.4. The highest BCUT2D eigenvalue weighted by Gasteiger charge is 2.16. The average molecular weight is 237 g/mol. The Kier molecular flexibility index (Phi) is 4.07. The highest BCUT2D eigenvalue weighted by Crippen LogP contribution is 2.12. The van der Waals surface area contributed by atoms with Crippen LogP contribution in [0.25, 0.3) is 0 Å². The second-order valence-electron chi connectivity index (χ2n) is 4.86. The van der Waals surface area contributed by atoms with Crippen molar-refractivity contribution in [3.05, 3.63) is 23.9 Å². The van der Waals surface area contributed by atoms with E-state index in [0.717, 1.165) is 5.69 Å². The molecule has 1 aromatic heterocycles. The van der Waals surface area contributed by atoms with Crippen molar-refractivity contribution in [3.8, 4) is 0 Å². The van der Waals surface area contributed by atoms with E-state index >= 15 is 0 Å². The molecule has 3 N–H and O–H groups in total. The number of carbonyl (C=O) groups excluding carboxylic acids is 1. The van der Waals surface area contributed by atoms with Gasteiger partial charge >= 0.3 is 6.09 Å². The number of amides is 1. The van der Waals surface area contributed by atoms with Crippen molar-refractivity contribution in [3.63, 3.8) is 0 Å². The van der Waals surface area contributed by atoms with Crippen LogP contribution >= 0.6 is 0 Å². The zero-order valence-corrected chi connectivity index (χ0v) is 10.7. The lowest BCUT2D eigenvalue weighted by molar-refractivity contribution is 0.0635. The molecule has 1 aromatic rings. The number of pyridine rings is 1. The number of hydrogen-bond donors (Lipinski definition) is 2. The molecular formula is C12H19N3O2. The van der Waals surface area contributed by atoms with Gasteiger partial charge in [-0.05, 0) is 39.8 Å². The van der Waals surface area contributed by atoms with Gasteiger partial charge in [-0.25, -0.2) is 9.78 Å². The first-order chi connectivity index (χ1) is 7.78. The standard InChI is InChI=1S/C12H19N3O2/c1-8(13)9-6-5-7-10(14-9)15-11(16)17-12(2,3)4/h5-8H,13H2,1-4H3,(H,14,15,16). The van der Waals surface area contributed by atoms with E-state index in [1.54, 1.807) is 32.9 Å². The van der Waals surface area contributed by atoms with Gasteiger partial charge in [0.2, 0.25) is 0 Å². The van der Waals surface area contributed by atoms with E-state index in [0.29, 0.717) is 5.82 Å². The molecule has 0 radical (unpaired) electrons. The first-order valence-electron chi connectivity index (χ1n) is 5.50. The fourth-order valence-electron chi connectivity index (χ4n) is 1.18. The van der Waals surface area contributed by atoms with E-state index in [4.69, 9.17) is 10.5 Å². The summed E-state index contributed by atoms with van der Waals surface area (Å²) >= 11 is 0. The van der Waals surface area contributed by atoms with Gasteiger partial charge in [0.15, 0.2) is 0 Å². The van der Waals surface area contributed by atoms with E-state index in [1.807, 2.05) is 13.0 Å². The Morgan fingerprint density at radius 3 is 2.65 bits per heavy atom. The minimum absolute atomic E-state index is 0.171. The molecule has 5 heteroatoms. The Bertz CT molecular complexity index is 397. The maximum Gasteiger partial charge on any atom is 0.413 e. The van der Waals surface area contributed by atoms with Crippen LogP contribution in [0.15, 0.2) is 18.2 Å². The van der Waals surface area contributed by atoms with Crippen LogP contribution < -0.4 is 11.1 Å². The molecule has 0 aliphatic heterocycles. The van der Waals surface area contributed by atoms with Crippen LogP contribution in [0.2, 0.25) is 0 Å². The normalized spacial score (nSPS) is 13.0. The molecule has 1 unspecified atom stereocenters. The van der Waals surface area contributed by atoms with Crippen LogP contribution in [-0.2, 0) is 4.74 Å². The Labute approximate surface area is 101 Å². The Balaban J connectivity index is 2.69. The Morgan fingerprint density at radius 1 is 1.47 bits per heavy atom. The highest BCUT2D eigenvalue weighted by atomic mass is 16.6. The van der Waals surface area contributed by atoms with Crippen molar-refractivity contribution < 1.29 is 9.53 Å². The van der Waals surface area contributed by atoms with Crippen molar-refractivity contribution in [2.24, 2.45) is 5.73 Å². The van der Waals surface area contributed by atoms with Gasteiger partial charge in [0.05, 0.1) is 5.69 Å². The number of nitrogens with one attached hydrogen (secondary N) is 1. The van der Waals surface area contributed by atoms with Gasteiger partial charge in [-0.3, -0.25) is 5.32 Å². The molecule has 1 heterocycles. The van der Waals surface area contributed by atoms with Gasteiger partial charge < -0.3 is 10.5 Å². The van der Waals surface area contributed by atoms with Crippen LogP contribution in [0.1, 0.15) is 39.4 Å². The summed E-state index contributed by atoms with van der Waals surface area (Å²) in [7, 11) is 0. The molecule has 0 saturated carbocycles. The number of ether oxygens (including phenoxy) is 1. The summed E-state index contributed by atoms with van der Waals surface area (Å²) < 4.78 is 5.12. The van der Waals surface area contributed by atoms with Crippen LogP contribution in [0.3, 0.4) is 0 Å². The van der Waals surface area contributed by atoms with Crippen LogP contribution in [-0.4, -0.2) is 16.7 Å². The maximum atomic E-state index is 11.5. The lowest BCUT2D eigenvalue weighted by atomic mass is 10.2. The van der Waals surface area contributed by atoms with Gasteiger partial charge in [-0.2, -0.15) is 0 Å². The molecule has 17 heavy (non-hydrogen) atoms. The van der Waals surface area contributed by atoms with Crippen LogP contribution in [0.5, 0.6) is 0 Å². The predicted molar refractivity (Wildman–Crippen MR) is 66.7 cm³/mol. The Hall–Kier alpha value is -1.62. The number of nitrogens with two attached hydrogens (primary N) is 1. The van der Waals surface area contributed by atoms with Crippen molar-refractivity contribution >= 4 is 11.9 Å². The summed E-state index contributed by atoms with van der Waals surface area (Å²) in [4.78, 5) is 15.7. The fourth-order valence-corrected chi connectivity index (χ4v) is 1.18. The summed E-state index contributed by atoms with van der Waals surface area (Å²) in [6.07, 6.45) is -0.521. The second kappa shape index (κ2) is 5.14. The van der Waals surface area contributed by atoms with Crippen molar-refractivity contribution in [1.29, 1.82) is 0 Å². The molecule has 1 atom stereocenters. The van der Waals surface area contributed by atoms with Gasteiger partial charge in [0, 0.05) is 6.04 Å². The fraction of sp³-hybridized carbons (Fsp3) is 0.500. The number of anilines is 1. The molecule has 0 aliphatic carbocycles. The molecule has 1 rings (SSSR count). The molecular weight excluding hydrogens is 218 g/mol. The molecule has 1 amide bonds. The molecule has 94 valence electrons. The molecule has 0 bridgehead atoms. The molecule has 0 fully saturated rings. The highest BCUT2D eigenvalue weighted by molar-refractivity contribution is 5.83. The van der Waals surface area contributed by atoms with Crippen LogP contribution in [0.4, 0.5) is 10.6 Å². The monoisotopic (exact) mass is 237 g/mol. The Morgan fingerprint density at radius 2 is 2.12 bits per heavy atom. The third kappa shape index (κ3) is 4.82. The van der Waals surface area contributed by atoms with Crippen LogP contribution in [0, 0.1) is 0 Å². The topological polar surface area (TPSA) is 77.2 Å². The summed E-state index contributed by atoms with van der Waals surface area (Å²) in [5.74, 6) is 0.439. The molecule has 0 spiro atoms. The molecule has 0 aliphatic rings. The van der Waals surface area contributed by atoms with E-state index in [1.165, 1.54) is 0 Å². The van der Waals surface area contributed by atoms with Gasteiger partial charge in [-0.15, -0.1) is 0 Å². The lowest BCUT2D eigenvalue weighted by Crippen LogP contribution is -2.27. The number of rotatable bonds is 2. The van der Waals surface area contributed by atoms with Gasteiger partial charge in [0.25, 0.3) is 0 Å². The summed E-state index contributed by atoms with van der Waals surface area (Å²) in [5.41, 5.74) is 5.90. The molecule has 0 saturated heterocycles. The minimum atomic E-state index is -0.525. The number of aromatic nitrogens is 1. The summed E-state index contributed by atoms with van der Waals surface area (Å²) in [5, 5.41) is 2.57. The third-order valence-corrected chi connectivity index (χ3v) is 1.87. The zero-order valence-electron chi connectivity index (χ0n) is 10.7. The number of hydrogen-bond acceptors (Lipinski definition) is 4. The minimum Gasteiger partial charge on any atom is -0.444 e. The smallest absolute Gasteiger partial charge is 0.413 e. The van der Waals surface area contributed by atoms with E-state index in [9.17, 15) is 4.79 Å². The van der Waals surface area contributed by atoms with E-state index in [2.05, 4.69) is 10.3 Å². The number of nitrogens with zero attached hydrogens (tertiary/aromatic N) is 1. The lowest BCUT2D eigenvalue weighted by Gasteiger charge is -2.19. The predicted octanol–water partition coefficient (Wildman–Crippen LogP) is 2.45. The summed E-state index contributed by atoms with van der Waals surface area (Å²) in [6.45, 7) is 7.24. The molecule has 0 aromatic carbocycles. The first-order valence-corrected chi connectivity index (χ1v) is 5.50. The van der Waals surface area contributed by atoms with Crippen molar-refractivity contribution in [1.82, 2.24) is 4.98 Å². The largest absolute Gasteiger partial charge is 0.444 e. The van der Waals surface area contributed by atoms with E-state index < -0.39 is 11.7 Å². The number of carbonyl (C=O) groups is 1. The zero-order chi connectivity index (χ0) is 13.1. The van der Waals surface area contributed by atoms with Gasteiger partial charge in [0.1, 0.15) is 11.4 Å². The SMILES string of the molecule is CC(N)c1cccc(NC(=O)OC(C)(C)C)n1. The average Bonchev–Trinajstić information content (AvgIpc) is 2.14. The summed E-state index contributed by atoms with van der Waals surface area (Å²) in [6, 6.07) is 5.12. The van der Waals surface area contributed by atoms with Crippen molar-refractivity contribution in [2.45, 2.75) is 39.3 Å². The maximum absolute atomic E-state index is 11.5.